The van der Waals surface area contributed by atoms with Crippen LogP contribution in [0.15, 0.2) is 0 Å². The van der Waals surface area contributed by atoms with E-state index in [0.717, 1.165) is 0 Å². The zero-order chi connectivity index (χ0) is 16.2. The van der Waals surface area contributed by atoms with Crippen molar-refractivity contribution in [3.05, 3.63) is 0 Å². The molecule has 0 spiro atoms. The molecule has 0 aliphatic carbocycles. The van der Waals surface area contributed by atoms with Crippen LogP contribution in [-0.4, -0.2) is 116 Å². The first-order valence-corrected chi connectivity index (χ1v) is 8.49. The van der Waals surface area contributed by atoms with E-state index < -0.39 is 92.9 Å². The average molecular weight is 573 g/mol. The van der Waals surface area contributed by atoms with Crippen LogP contribution in [0.5, 0.6) is 0 Å². The zero-order valence-electron chi connectivity index (χ0n) is 9.39. The Bertz CT molecular complexity index is 119. The molecule has 0 aromatic rings. The Kier molecular flexibility index (Phi) is 317. The molecule has 0 fully saturated rings. The van der Waals surface area contributed by atoms with Crippen molar-refractivity contribution in [2.24, 2.45) is 0 Å². The van der Waals surface area contributed by atoms with Gasteiger partial charge in [-0.3, -0.25) is 0 Å². The fourth-order valence-electron chi connectivity index (χ4n) is 0. The summed E-state index contributed by atoms with van der Waals surface area (Å²) in [6, 6.07) is 0. The maximum Gasteiger partial charge on any atom is 4.00 e. The van der Waals surface area contributed by atoms with Crippen molar-refractivity contribution in [1.82, 2.24) is 0 Å². The van der Waals surface area contributed by atoms with E-state index >= 15 is 0 Å². The van der Waals surface area contributed by atoms with Crippen LogP contribution in [0, 0.1) is 0 Å². The van der Waals surface area contributed by atoms with Crippen LogP contribution in [0.25, 0.3) is 0 Å². The predicted octanol–water partition coefficient (Wildman–Crippen LogP) is -10.5. The number of rotatable bonds is 0. The molecule has 0 unspecified atom stereocenters. The Hall–Kier alpha value is 2.25. The van der Waals surface area contributed by atoms with Crippen molar-refractivity contribution in [3.63, 3.8) is 0 Å². The molecule has 0 aliphatic rings. The third kappa shape index (κ3) is 1480. The Labute approximate surface area is 182 Å². The van der Waals surface area contributed by atoms with Gasteiger partial charge in [-0.2, -0.15) is 0 Å². The molecule has 0 radical (unpaired) electrons. The van der Waals surface area contributed by atoms with Gasteiger partial charge in [0.05, 0.1) is 0 Å². The van der Waals surface area contributed by atoms with Crippen LogP contribution in [-0.2, 0) is 43.9 Å². The second kappa shape index (κ2) is 128. The topological polar surface area (TPSA) is 241 Å². The molecule has 0 amide bonds. The fraction of sp³-hybridized carbons (Fsp3) is 0. The zero-order valence-corrected chi connectivity index (χ0v) is 20.0. The molecule has 0 saturated heterocycles. The van der Waals surface area contributed by atoms with E-state index in [1.807, 2.05) is 0 Å². The van der Waals surface area contributed by atoms with E-state index in [-0.39, 0.29) is 44.1 Å². The van der Waals surface area contributed by atoms with Gasteiger partial charge in [0.25, 0.3) is 0 Å². The smallest absolute Gasteiger partial charge is 4.00 e. The summed E-state index contributed by atoms with van der Waals surface area (Å²) in [7, 11) is 0. The van der Waals surface area contributed by atoms with Gasteiger partial charge >= 0.3 is 185 Å². The molecule has 0 N–H and O–H groups in total. The third-order valence-corrected chi connectivity index (χ3v) is 0. The summed E-state index contributed by atoms with van der Waals surface area (Å²) in [5.41, 5.74) is 0. The largest absolute Gasteiger partial charge is 4.00 e. The van der Waals surface area contributed by atoms with Crippen LogP contribution in [0.3, 0.4) is 0 Å². The summed E-state index contributed by atoms with van der Waals surface area (Å²) in [5, 5.41) is 0. The molecule has 0 heterocycles. The summed E-state index contributed by atoms with van der Waals surface area (Å²) >= 11 is -10.5. The van der Waals surface area contributed by atoms with E-state index in [1.165, 1.54) is 0 Å². The van der Waals surface area contributed by atoms with Gasteiger partial charge in [0, 0.05) is 0 Å². The van der Waals surface area contributed by atoms with Crippen molar-refractivity contribution < 1.29 is 68.8 Å². The number of hydrogen-bond donors (Lipinski definition) is 0. The van der Waals surface area contributed by atoms with E-state index in [2.05, 4.69) is 0 Å². The Morgan fingerprint density at radius 2 is 0.400 bits per heavy atom. The minimum Gasteiger partial charge on any atom is 4.00 e. The molecule has 20 heavy (non-hydrogen) atoms. The predicted molar refractivity (Wildman–Crippen MR) is 44.4 cm³/mol. The van der Waals surface area contributed by atoms with Gasteiger partial charge in [-0.05, 0) is 0 Å². The standard InChI is InChI=1S/6Al.Mg.12O.Pt/q;;;;;;+2;;;;;;;6*-1;+4. The summed E-state index contributed by atoms with van der Waals surface area (Å²) in [4.78, 5) is 0. The molecular weight excluding hydrogens is 573 g/mol. The van der Waals surface area contributed by atoms with Crippen LogP contribution in [0.4, 0.5) is 0 Å². The Morgan fingerprint density at radius 1 is 0.400 bits per heavy atom. The Morgan fingerprint density at radius 3 is 0.400 bits per heavy atom. The minimum atomic E-state index is -1.75. The maximum atomic E-state index is 8.46. The second-order valence-electron chi connectivity index (χ2n) is 0.577. The van der Waals surface area contributed by atoms with Gasteiger partial charge in [-0.1, -0.05) is 0 Å². The van der Waals surface area contributed by atoms with Crippen molar-refractivity contribution >= 4 is 116 Å². The third-order valence-electron chi connectivity index (χ3n) is 0. The molecule has 0 saturated carbocycles. The van der Waals surface area contributed by atoms with Gasteiger partial charge in [0.2, 0.25) is 0 Å². The van der Waals surface area contributed by atoms with Crippen molar-refractivity contribution in [3.8, 4) is 0 Å². The maximum absolute atomic E-state index is 8.46. The van der Waals surface area contributed by atoms with Crippen LogP contribution in [0.1, 0.15) is 0 Å². The monoisotopic (exact) mass is 573 g/mol. The molecule has 0 aliphatic heterocycles. The normalized spacial score (nSPS) is 2.40. The molecular formula is Al6MgO12Pt. The average Bonchev–Trinajstić information content (AvgIpc) is 2.23. The van der Waals surface area contributed by atoms with Crippen molar-refractivity contribution in [2.75, 3.05) is 0 Å². The molecule has 0 aromatic heterocycles. The van der Waals surface area contributed by atoms with Gasteiger partial charge < -0.3 is 0 Å². The quantitative estimate of drug-likeness (QED) is 0.245. The first-order chi connectivity index (χ1) is 8.49. The molecule has 102 valence electrons. The molecule has 20 heteroatoms. The van der Waals surface area contributed by atoms with Crippen molar-refractivity contribution in [2.45, 2.75) is 0 Å². The summed E-state index contributed by atoms with van der Waals surface area (Å²) in [6.45, 7) is 0. The first-order valence-electron chi connectivity index (χ1n) is 2.83. The van der Waals surface area contributed by atoms with E-state index in [1.54, 1.807) is 0 Å². The van der Waals surface area contributed by atoms with Crippen LogP contribution >= 0.6 is 0 Å². The molecule has 12 nitrogen and oxygen atoms in total. The van der Waals surface area contributed by atoms with Crippen molar-refractivity contribution in [1.29, 1.82) is 0 Å². The van der Waals surface area contributed by atoms with Gasteiger partial charge in [0.15, 0.2) is 0 Å². The SMILES string of the molecule is [Mg+2].[O]=[Al][O-].[O]=[Al][O-].[O]=[Al][O-].[O]=[Al][O-].[O]=[Al][O-].[O]=[Al][O-].[Pt+4]. The summed E-state index contributed by atoms with van der Waals surface area (Å²) in [5.74, 6) is 0. The number of hydrogen-bond acceptors (Lipinski definition) is 12. The van der Waals surface area contributed by atoms with Gasteiger partial charge in [-0.15, -0.1) is 0 Å². The molecule has 0 atom stereocenters. The van der Waals surface area contributed by atoms with Crippen LogP contribution < -0.4 is 24.9 Å². The molecule has 0 bridgehead atoms. The van der Waals surface area contributed by atoms with E-state index in [9.17, 15) is 0 Å². The van der Waals surface area contributed by atoms with Gasteiger partial charge in [-0.25, -0.2) is 0 Å². The van der Waals surface area contributed by atoms with E-state index in [0.29, 0.717) is 0 Å². The summed E-state index contributed by atoms with van der Waals surface area (Å²) < 4.78 is 101. The summed E-state index contributed by atoms with van der Waals surface area (Å²) in [6.07, 6.45) is 0. The first kappa shape index (κ1) is 49.5. The Balaban J connectivity index is -0.0000000141. The molecule has 0 rings (SSSR count). The second-order valence-corrected chi connectivity index (χ2v) is 1.73. The fourth-order valence-corrected chi connectivity index (χ4v) is 0. The molecule has 0 aromatic carbocycles. The van der Waals surface area contributed by atoms with Gasteiger partial charge in [0.1, 0.15) is 0 Å². The van der Waals surface area contributed by atoms with Crippen LogP contribution in [0.2, 0.25) is 0 Å². The minimum absolute atomic E-state index is 0. The van der Waals surface area contributed by atoms with E-state index in [4.69, 9.17) is 47.8 Å².